The molecule has 0 radical (unpaired) electrons. The van der Waals surface area contributed by atoms with Crippen molar-refractivity contribution in [3.05, 3.63) is 40.6 Å². The summed E-state index contributed by atoms with van der Waals surface area (Å²) < 4.78 is 5.67. The monoisotopic (exact) mass is 353 g/mol. The maximum Gasteiger partial charge on any atom is 0.226 e. The molecule has 0 bridgehead atoms. The topological polar surface area (TPSA) is 67.0 Å². The van der Waals surface area contributed by atoms with E-state index in [9.17, 15) is 4.79 Å². The molecule has 1 amide bonds. The first-order chi connectivity index (χ1) is 12.4. The summed E-state index contributed by atoms with van der Waals surface area (Å²) in [6.07, 6.45) is 4.07. The third-order valence-electron chi connectivity index (χ3n) is 5.81. The van der Waals surface area contributed by atoms with E-state index in [-0.39, 0.29) is 17.2 Å². The molecule has 1 aromatic carbocycles. The molecule has 26 heavy (non-hydrogen) atoms. The van der Waals surface area contributed by atoms with Gasteiger partial charge in [0.25, 0.3) is 0 Å². The first-order valence-electron chi connectivity index (χ1n) is 9.45. The summed E-state index contributed by atoms with van der Waals surface area (Å²) >= 11 is 0. The average Bonchev–Trinajstić information content (AvgIpc) is 2.94. The van der Waals surface area contributed by atoms with E-state index in [4.69, 9.17) is 4.74 Å². The highest BCUT2D eigenvalue weighted by molar-refractivity contribution is 5.94. The second kappa shape index (κ2) is 6.15. The van der Waals surface area contributed by atoms with Crippen LogP contribution in [0.5, 0.6) is 5.75 Å². The highest BCUT2D eigenvalue weighted by Crippen LogP contribution is 2.47. The van der Waals surface area contributed by atoms with Crippen LogP contribution in [0, 0.1) is 0 Å². The van der Waals surface area contributed by atoms with Gasteiger partial charge in [-0.1, -0.05) is 39.3 Å². The number of fused-ring (bicyclic) bond motifs is 1. The first-order valence-corrected chi connectivity index (χ1v) is 9.45. The standard InChI is InChI=1S/C21H27N3O2/c1-21(2,3)13-8-9-16(26-4)14(10-13)15-11-17(25)22-20-18(15)19(23-24-20)12-6-5-7-12/h8-10,12,15H,5-7,11H2,1-4H3,(H2,22,23,24,25). The minimum atomic E-state index is -0.0228. The highest BCUT2D eigenvalue weighted by Gasteiger charge is 2.37. The maximum absolute atomic E-state index is 12.3. The van der Waals surface area contributed by atoms with Crippen LogP contribution in [0.15, 0.2) is 18.2 Å². The van der Waals surface area contributed by atoms with Gasteiger partial charge in [-0.2, -0.15) is 5.10 Å². The van der Waals surface area contributed by atoms with Crippen LogP contribution >= 0.6 is 0 Å². The van der Waals surface area contributed by atoms with Crippen LogP contribution in [0.2, 0.25) is 0 Å². The summed E-state index contributed by atoms with van der Waals surface area (Å²) in [7, 11) is 1.70. The van der Waals surface area contributed by atoms with Gasteiger partial charge in [-0.05, 0) is 29.9 Å². The molecule has 1 fully saturated rings. The molecule has 1 saturated carbocycles. The number of benzene rings is 1. The molecule has 5 heteroatoms. The van der Waals surface area contributed by atoms with Crippen molar-refractivity contribution < 1.29 is 9.53 Å². The van der Waals surface area contributed by atoms with Crippen molar-refractivity contribution >= 4 is 11.7 Å². The highest BCUT2D eigenvalue weighted by atomic mass is 16.5. The molecule has 1 unspecified atom stereocenters. The number of ether oxygens (including phenoxy) is 1. The van der Waals surface area contributed by atoms with Crippen LogP contribution in [0.3, 0.4) is 0 Å². The lowest BCUT2D eigenvalue weighted by Crippen LogP contribution is -2.25. The molecule has 0 saturated heterocycles. The quantitative estimate of drug-likeness (QED) is 0.856. The number of hydrogen-bond acceptors (Lipinski definition) is 3. The van der Waals surface area contributed by atoms with Gasteiger partial charge in [0.15, 0.2) is 5.82 Å². The summed E-state index contributed by atoms with van der Waals surface area (Å²) in [4.78, 5) is 12.3. The number of carbonyl (C=O) groups is 1. The minimum Gasteiger partial charge on any atom is -0.496 e. The lowest BCUT2D eigenvalue weighted by Gasteiger charge is -2.31. The van der Waals surface area contributed by atoms with Crippen LogP contribution in [0.25, 0.3) is 0 Å². The van der Waals surface area contributed by atoms with E-state index < -0.39 is 0 Å². The van der Waals surface area contributed by atoms with Crippen molar-refractivity contribution in [2.75, 3.05) is 12.4 Å². The molecule has 2 aliphatic rings. The molecule has 2 aromatic rings. The molecule has 1 aliphatic carbocycles. The Bertz CT molecular complexity index is 843. The fourth-order valence-corrected chi connectivity index (χ4v) is 4.03. The predicted molar refractivity (Wildman–Crippen MR) is 102 cm³/mol. The number of aromatic amines is 1. The molecular formula is C21H27N3O2. The molecule has 0 spiro atoms. The van der Waals surface area contributed by atoms with Gasteiger partial charge in [0, 0.05) is 35.1 Å². The van der Waals surface area contributed by atoms with Crippen molar-refractivity contribution in [3.63, 3.8) is 0 Å². The maximum atomic E-state index is 12.3. The second-order valence-electron chi connectivity index (χ2n) is 8.54. The SMILES string of the molecule is COc1ccc(C(C)(C)C)cc1C1CC(=O)Nc2n[nH]c(C3CCC3)c21. The van der Waals surface area contributed by atoms with E-state index >= 15 is 0 Å². The number of nitrogens with one attached hydrogen (secondary N) is 2. The number of methoxy groups -OCH3 is 1. The lowest BCUT2D eigenvalue weighted by atomic mass is 9.75. The zero-order chi connectivity index (χ0) is 18.5. The number of hydrogen-bond donors (Lipinski definition) is 2. The zero-order valence-electron chi connectivity index (χ0n) is 16.0. The van der Waals surface area contributed by atoms with Gasteiger partial charge < -0.3 is 10.1 Å². The van der Waals surface area contributed by atoms with Gasteiger partial charge in [-0.3, -0.25) is 9.89 Å². The van der Waals surface area contributed by atoms with Gasteiger partial charge in [0.05, 0.1) is 7.11 Å². The third-order valence-corrected chi connectivity index (χ3v) is 5.81. The van der Waals surface area contributed by atoms with Gasteiger partial charge >= 0.3 is 0 Å². The van der Waals surface area contributed by atoms with E-state index in [0.29, 0.717) is 18.2 Å². The Hall–Kier alpha value is -2.30. The van der Waals surface area contributed by atoms with Gasteiger partial charge in [0.1, 0.15) is 5.75 Å². The molecule has 1 aliphatic heterocycles. The number of rotatable bonds is 3. The number of nitrogens with zero attached hydrogens (tertiary/aromatic N) is 1. The summed E-state index contributed by atoms with van der Waals surface area (Å²) in [5, 5.41) is 10.6. The van der Waals surface area contributed by atoms with Crippen LogP contribution in [0.1, 0.15) is 80.7 Å². The number of aromatic nitrogens is 2. The third kappa shape index (κ3) is 2.79. The van der Waals surface area contributed by atoms with E-state index in [1.165, 1.54) is 30.5 Å². The summed E-state index contributed by atoms with van der Waals surface area (Å²) in [5.41, 5.74) is 4.71. The van der Waals surface area contributed by atoms with Gasteiger partial charge in [0.2, 0.25) is 5.91 Å². The van der Waals surface area contributed by atoms with Crippen LogP contribution in [-0.2, 0) is 10.2 Å². The van der Waals surface area contributed by atoms with Crippen LogP contribution in [-0.4, -0.2) is 23.2 Å². The van der Waals surface area contributed by atoms with Crippen molar-refractivity contribution in [1.29, 1.82) is 0 Å². The summed E-state index contributed by atoms with van der Waals surface area (Å²) in [6, 6.07) is 6.36. The van der Waals surface area contributed by atoms with E-state index in [1.807, 2.05) is 6.07 Å². The van der Waals surface area contributed by atoms with Gasteiger partial charge in [-0.15, -0.1) is 0 Å². The first kappa shape index (κ1) is 17.1. The molecule has 5 nitrogen and oxygen atoms in total. The van der Waals surface area contributed by atoms with E-state index in [0.717, 1.165) is 16.9 Å². The Morgan fingerprint density at radius 2 is 2.00 bits per heavy atom. The van der Waals surface area contributed by atoms with Crippen LogP contribution in [0.4, 0.5) is 5.82 Å². The Morgan fingerprint density at radius 1 is 1.23 bits per heavy atom. The lowest BCUT2D eigenvalue weighted by molar-refractivity contribution is -0.116. The smallest absolute Gasteiger partial charge is 0.226 e. The molecule has 1 atom stereocenters. The van der Waals surface area contributed by atoms with Gasteiger partial charge in [-0.25, -0.2) is 0 Å². The average molecular weight is 353 g/mol. The Kier molecular flexibility index (Phi) is 4.05. The van der Waals surface area contributed by atoms with E-state index in [1.54, 1.807) is 7.11 Å². The Labute approximate surface area is 154 Å². The molecule has 2 N–H and O–H groups in total. The molecule has 2 heterocycles. The molecule has 4 rings (SSSR count). The normalized spacial score (nSPS) is 20.3. The number of amides is 1. The summed E-state index contributed by atoms with van der Waals surface area (Å²) in [5.74, 6) is 2.05. The fraction of sp³-hybridized carbons (Fsp3) is 0.524. The fourth-order valence-electron chi connectivity index (χ4n) is 4.03. The van der Waals surface area contributed by atoms with Crippen molar-refractivity contribution in [3.8, 4) is 5.75 Å². The largest absolute Gasteiger partial charge is 0.496 e. The zero-order valence-corrected chi connectivity index (χ0v) is 16.0. The Balaban J connectivity index is 1.86. The van der Waals surface area contributed by atoms with Crippen molar-refractivity contribution in [1.82, 2.24) is 10.2 Å². The second-order valence-corrected chi connectivity index (χ2v) is 8.54. The predicted octanol–water partition coefficient (Wildman–Crippen LogP) is 4.46. The van der Waals surface area contributed by atoms with Crippen molar-refractivity contribution in [2.45, 2.75) is 63.7 Å². The molecule has 1 aromatic heterocycles. The molecular weight excluding hydrogens is 326 g/mol. The Morgan fingerprint density at radius 3 is 2.62 bits per heavy atom. The number of H-pyrrole nitrogens is 1. The minimum absolute atomic E-state index is 0.0115. The van der Waals surface area contributed by atoms with Crippen molar-refractivity contribution in [2.24, 2.45) is 0 Å². The van der Waals surface area contributed by atoms with Crippen LogP contribution < -0.4 is 10.1 Å². The summed E-state index contributed by atoms with van der Waals surface area (Å²) in [6.45, 7) is 6.61. The number of anilines is 1. The van der Waals surface area contributed by atoms with E-state index in [2.05, 4.69) is 48.4 Å². The molecule has 138 valence electrons. The number of carbonyl (C=O) groups excluding carboxylic acids is 1.